The molecule has 134 valence electrons. The topological polar surface area (TPSA) is 83.5 Å². The predicted molar refractivity (Wildman–Crippen MR) is 91.0 cm³/mol. The van der Waals surface area contributed by atoms with Gasteiger partial charge in [-0.25, -0.2) is 4.39 Å². The first-order valence-corrected chi connectivity index (χ1v) is 8.86. The van der Waals surface area contributed by atoms with Crippen molar-refractivity contribution in [2.24, 2.45) is 17.6 Å². The maximum Gasteiger partial charge on any atom is 0.306 e. The van der Waals surface area contributed by atoms with E-state index < -0.39 is 18.0 Å². The van der Waals surface area contributed by atoms with E-state index in [1.54, 1.807) is 12.1 Å². The number of halogens is 1. The van der Waals surface area contributed by atoms with Gasteiger partial charge in [0.05, 0.1) is 12.0 Å². The second-order valence-electron chi connectivity index (χ2n) is 7.07. The van der Waals surface area contributed by atoms with Crippen molar-refractivity contribution in [1.82, 2.24) is 0 Å². The fraction of sp³-hybridized carbons (Fsp3) is 0.632. The Hall–Kier alpha value is -1.46. The average Bonchev–Trinajstić information content (AvgIpc) is 2.56. The molecule has 2 rings (SSSR count). The van der Waals surface area contributed by atoms with Crippen LogP contribution in [0.15, 0.2) is 24.3 Å². The molecule has 1 aliphatic rings. The van der Waals surface area contributed by atoms with Crippen molar-refractivity contribution in [3.8, 4) is 0 Å². The van der Waals surface area contributed by atoms with Crippen LogP contribution >= 0.6 is 0 Å². The minimum absolute atomic E-state index is 0.126. The summed E-state index contributed by atoms with van der Waals surface area (Å²) in [5, 5.41) is 19.8. The molecule has 0 saturated heterocycles. The molecule has 0 bridgehead atoms. The molecule has 0 aliphatic heterocycles. The van der Waals surface area contributed by atoms with Crippen molar-refractivity contribution in [1.29, 1.82) is 0 Å². The molecule has 0 amide bonds. The van der Waals surface area contributed by atoms with E-state index >= 15 is 0 Å². The van der Waals surface area contributed by atoms with Gasteiger partial charge in [0.15, 0.2) is 0 Å². The minimum Gasteiger partial charge on any atom is -0.481 e. The van der Waals surface area contributed by atoms with Gasteiger partial charge in [0, 0.05) is 6.04 Å². The van der Waals surface area contributed by atoms with E-state index in [1.807, 2.05) is 0 Å². The third-order valence-electron chi connectivity index (χ3n) is 5.10. The van der Waals surface area contributed by atoms with E-state index in [-0.39, 0.29) is 24.7 Å². The fourth-order valence-electron chi connectivity index (χ4n) is 3.61. The van der Waals surface area contributed by atoms with E-state index in [1.165, 1.54) is 31.4 Å². The number of benzene rings is 1. The Labute approximate surface area is 142 Å². The Morgan fingerprint density at radius 1 is 1.21 bits per heavy atom. The molecule has 0 spiro atoms. The maximum absolute atomic E-state index is 12.9. The number of rotatable bonds is 8. The van der Waals surface area contributed by atoms with Crippen LogP contribution in [-0.4, -0.2) is 28.3 Å². The molecule has 1 aliphatic carbocycles. The Morgan fingerprint density at radius 2 is 1.83 bits per heavy atom. The first-order chi connectivity index (χ1) is 11.5. The van der Waals surface area contributed by atoms with Crippen LogP contribution in [0.1, 0.15) is 50.5 Å². The van der Waals surface area contributed by atoms with Gasteiger partial charge in [-0.05, 0) is 42.9 Å². The van der Waals surface area contributed by atoms with Crippen molar-refractivity contribution in [3.63, 3.8) is 0 Å². The van der Waals surface area contributed by atoms with Crippen LogP contribution in [0.4, 0.5) is 4.39 Å². The molecule has 3 unspecified atom stereocenters. The zero-order valence-electron chi connectivity index (χ0n) is 14.0. The summed E-state index contributed by atoms with van der Waals surface area (Å²) in [4.78, 5) is 11.5. The van der Waals surface area contributed by atoms with E-state index in [0.29, 0.717) is 5.92 Å². The van der Waals surface area contributed by atoms with Gasteiger partial charge in [0.1, 0.15) is 5.82 Å². The second-order valence-corrected chi connectivity index (χ2v) is 7.07. The highest BCUT2D eigenvalue weighted by molar-refractivity contribution is 5.70. The lowest BCUT2D eigenvalue weighted by Gasteiger charge is -2.28. The zero-order valence-corrected chi connectivity index (χ0v) is 14.0. The van der Waals surface area contributed by atoms with E-state index in [4.69, 9.17) is 5.73 Å². The lowest BCUT2D eigenvalue weighted by atomic mass is 9.82. The third-order valence-corrected chi connectivity index (χ3v) is 5.10. The number of carboxylic acids is 1. The summed E-state index contributed by atoms with van der Waals surface area (Å²) >= 11 is 0. The molecule has 5 heteroatoms. The molecule has 0 heterocycles. The predicted octanol–water partition coefficient (Wildman–Crippen LogP) is 3.12. The monoisotopic (exact) mass is 337 g/mol. The number of nitrogens with two attached hydrogens (primary N) is 1. The fourth-order valence-corrected chi connectivity index (χ4v) is 3.61. The summed E-state index contributed by atoms with van der Waals surface area (Å²) in [7, 11) is 0. The smallest absolute Gasteiger partial charge is 0.306 e. The summed E-state index contributed by atoms with van der Waals surface area (Å²) < 4.78 is 12.9. The van der Waals surface area contributed by atoms with Crippen molar-refractivity contribution in [2.45, 2.75) is 63.5 Å². The van der Waals surface area contributed by atoms with Crippen LogP contribution in [-0.2, 0) is 11.2 Å². The summed E-state index contributed by atoms with van der Waals surface area (Å²) in [5.41, 5.74) is 6.86. The van der Waals surface area contributed by atoms with Gasteiger partial charge in [-0.3, -0.25) is 4.79 Å². The Balaban J connectivity index is 1.88. The molecule has 4 nitrogen and oxygen atoms in total. The Morgan fingerprint density at radius 3 is 2.42 bits per heavy atom. The molecule has 1 fully saturated rings. The van der Waals surface area contributed by atoms with E-state index in [2.05, 4.69) is 0 Å². The molecular formula is C19H28FNO3. The van der Waals surface area contributed by atoms with Crippen molar-refractivity contribution in [3.05, 3.63) is 35.6 Å². The van der Waals surface area contributed by atoms with Gasteiger partial charge in [-0.2, -0.15) is 0 Å². The molecule has 1 aromatic rings. The largest absolute Gasteiger partial charge is 0.481 e. The first-order valence-electron chi connectivity index (χ1n) is 8.86. The standard InChI is InChI=1S/C19H28FNO3/c20-16-8-6-14(7-9-16)10-15(19(23)24)12-18(22)17(21)11-13-4-2-1-3-5-13/h6-9,13,15,17-18,22H,1-5,10-12,21H2,(H,23,24). The number of hydrogen-bond acceptors (Lipinski definition) is 3. The summed E-state index contributed by atoms with van der Waals surface area (Å²) in [5.74, 6) is -1.48. The van der Waals surface area contributed by atoms with Gasteiger partial charge in [0.25, 0.3) is 0 Å². The van der Waals surface area contributed by atoms with Gasteiger partial charge in [-0.1, -0.05) is 44.2 Å². The molecule has 3 atom stereocenters. The minimum atomic E-state index is -0.955. The average molecular weight is 337 g/mol. The van der Waals surface area contributed by atoms with E-state index in [0.717, 1.165) is 24.8 Å². The summed E-state index contributed by atoms with van der Waals surface area (Å²) in [6.07, 6.45) is 6.33. The first kappa shape index (κ1) is 18.9. The molecule has 0 radical (unpaired) electrons. The van der Waals surface area contributed by atoms with Crippen LogP contribution in [0.3, 0.4) is 0 Å². The normalized spacial score (nSPS) is 19.6. The molecule has 1 aromatic carbocycles. The molecule has 0 aromatic heterocycles. The number of carbonyl (C=O) groups is 1. The lowest BCUT2D eigenvalue weighted by molar-refractivity contribution is -0.143. The van der Waals surface area contributed by atoms with Crippen molar-refractivity contribution < 1.29 is 19.4 Å². The van der Waals surface area contributed by atoms with E-state index in [9.17, 15) is 19.4 Å². The summed E-state index contributed by atoms with van der Waals surface area (Å²) in [6, 6.07) is 5.42. The molecule has 24 heavy (non-hydrogen) atoms. The van der Waals surface area contributed by atoms with Crippen molar-refractivity contribution >= 4 is 5.97 Å². The number of aliphatic hydroxyl groups is 1. The quantitative estimate of drug-likeness (QED) is 0.680. The van der Waals surface area contributed by atoms with Crippen LogP contribution in [0, 0.1) is 17.7 Å². The van der Waals surface area contributed by atoms with Crippen molar-refractivity contribution in [2.75, 3.05) is 0 Å². The number of carboxylic acid groups (broad SMARTS) is 1. The number of hydrogen-bond donors (Lipinski definition) is 3. The molecular weight excluding hydrogens is 309 g/mol. The molecule has 4 N–H and O–H groups in total. The second kappa shape index (κ2) is 9.14. The SMILES string of the molecule is NC(CC1CCCCC1)C(O)CC(Cc1ccc(F)cc1)C(=O)O. The highest BCUT2D eigenvalue weighted by Gasteiger charge is 2.27. The highest BCUT2D eigenvalue weighted by Crippen LogP contribution is 2.28. The highest BCUT2D eigenvalue weighted by atomic mass is 19.1. The third kappa shape index (κ3) is 5.87. The molecule has 1 saturated carbocycles. The van der Waals surface area contributed by atoms with Gasteiger partial charge in [-0.15, -0.1) is 0 Å². The van der Waals surface area contributed by atoms with Crippen LogP contribution in [0.25, 0.3) is 0 Å². The van der Waals surface area contributed by atoms with Crippen LogP contribution in [0.2, 0.25) is 0 Å². The maximum atomic E-state index is 12.9. The Kier molecular flexibility index (Phi) is 7.18. The number of aliphatic carboxylic acids is 1. The van der Waals surface area contributed by atoms with Gasteiger partial charge >= 0.3 is 5.97 Å². The van der Waals surface area contributed by atoms with Crippen LogP contribution < -0.4 is 5.73 Å². The lowest BCUT2D eigenvalue weighted by Crippen LogP contribution is -2.39. The van der Waals surface area contributed by atoms with Crippen LogP contribution in [0.5, 0.6) is 0 Å². The van der Waals surface area contributed by atoms with Gasteiger partial charge in [0.2, 0.25) is 0 Å². The van der Waals surface area contributed by atoms with Gasteiger partial charge < -0.3 is 15.9 Å². The number of aliphatic hydroxyl groups excluding tert-OH is 1. The zero-order chi connectivity index (χ0) is 17.5. The Bertz CT molecular complexity index is 514. The summed E-state index contributed by atoms with van der Waals surface area (Å²) in [6.45, 7) is 0.